The summed E-state index contributed by atoms with van der Waals surface area (Å²) in [4.78, 5) is 5.75. The van der Waals surface area contributed by atoms with E-state index in [1.54, 1.807) is 11.3 Å². The summed E-state index contributed by atoms with van der Waals surface area (Å²) < 4.78 is 5.35. The van der Waals surface area contributed by atoms with Gasteiger partial charge in [-0.3, -0.25) is 0 Å². The molecule has 18 heavy (non-hydrogen) atoms. The molecule has 4 nitrogen and oxygen atoms in total. The molecule has 0 spiro atoms. The number of nitrogens with two attached hydrogens (primary N) is 1. The quantitative estimate of drug-likeness (QED) is 0.932. The molecule has 0 aromatic carbocycles. The maximum atomic E-state index is 6.00. The largest absolute Gasteiger partial charge is 0.390 e. The first kappa shape index (κ1) is 12.0. The zero-order valence-corrected chi connectivity index (χ0v) is 11.8. The first-order valence-electron chi connectivity index (χ1n) is 6.11. The molecule has 96 valence electrons. The molecule has 1 aliphatic heterocycles. The average Bonchev–Trinajstić information content (AvgIpc) is 3.08. The van der Waals surface area contributed by atoms with Gasteiger partial charge in [0.15, 0.2) is 5.82 Å². The van der Waals surface area contributed by atoms with E-state index in [0.29, 0.717) is 11.1 Å². The van der Waals surface area contributed by atoms with Crippen molar-refractivity contribution in [1.82, 2.24) is 10.1 Å². The molecule has 0 amide bonds. The Kier molecular flexibility index (Phi) is 3.30. The lowest BCUT2D eigenvalue weighted by molar-refractivity contribution is 0.422. The zero-order chi connectivity index (χ0) is 12.5. The molecule has 0 aliphatic carbocycles. The summed E-state index contributed by atoms with van der Waals surface area (Å²) in [6.07, 6.45) is 3.36. The third-order valence-corrected chi connectivity index (χ3v) is 5.53. The molecule has 6 heteroatoms. The van der Waals surface area contributed by atoms with Crippen molar-refractivity contribution in [2.24, 2.45) is 0 Å². The minimum absolute atomic E-state index is 0.396. The Bertz CT molecular complexity index is 543. The van der Waals surface area contributed by atoms with Crippen molar-refractivity contribution in [2.45, 2.75) is 31.4 Å². The third kappa shape index (κ3) is 2.14. The van der Waals surface area contributed by atoms with Crippen LogP contribution < -0.4 is 5.73 Å². The van der Waals surface area contributed by atoms with Crippen LogP contribution in [0.1, 0.15) is 35.7 Å². The molecule has 1 aliphatic rings. The van der Waals surface area contributed by atoms with Crippen molar-refractivity contribution in [3.8, 4) is 11.5 Å². The molecule has 0 saturated carbocycles. The van der Waals surface area contributed by atoms with E-state index in [4.69, 9.17) is 10.3 Å². The molecule has 2 aromatic rings. The average molecular weight is 281 g/mol. The summed E-state index contributed by atoms with van der Waals surface area (Å²) in [7, 11) is 0. The van der Waals surface area contributed by atoms with E-state index in [2.05, 4.69) is 23.1 Å². The Labute approximate surface area is 114 Å². The Morgan fingerprint density at radius 2 is 2.44 bits per heavy atom. The number of nitrogens with zero attached hydrogens (tertiary/aromatic N) is 2. The van der Waals surface area contributed by atoms with E-state index in [0.717, 1.165) is 29.2 Å². The first-order valence-corrected chi connectivity index (χ1v) is 7.98. The van der Waals surface area contributed by atoms with E-state index in [1.807, 2.05) is 11.8 Å². The van der Waals surface area contributed by atoms with Gasteiger partial charge in [-0.2, -0.15) is 16.7 Å². The van der Waals surface area contributed by atoms with Gasteiger partial charge in [-0.05, 0) is 31.1 Å². The van der Waals surface area contributed by atoms with Crippen molar-refractivity contribution in [3.63, 3.8) is 0 Å². The van der Waals surface area contributed by atoms with Crippen LogP contribution in [-0.4, -0.2) is 15.9 Å². The lowest BCUT2D eigenvalue weighted by Crippen LogP contribution is -1.91. The molecule has 1 saturated heterocycles. The fourth-order valence-corrected chi connectivity index (χ4v) is 4.11. The highest BCUT2D eigenvalue weighted by molar-refractivity contribution is 7.99. The normalized spacial score (nSPS) is 19.5. The highest BCUT2D eigenvalue weighted by Gasteiger charge is 2.24. The standard InChI is InChI=1S/C12H15N3OS2/c1-2-7-6-8(10(13)18-7)12-14-11(15-16-12)9-4-3-5-17-9/h6,9H,2-5,13H2,1H3. The van der Waals surface area contributed by atoms with E-state index in [1.165, 1.54) is 17.1 Å². The van der Waals surface area contributed by atoms with Gasteiger partial charge in [-0.25, -0.2) is 0 Å². The monoisotopic (exact) mass is 281 g/mol. The number of thiophene rings is 1. The fourth-order valence-electron chi connectivity index (χ4n) is 2.06. The minimum Gasteiger partial charge on any atom is -0.390 e. The maximum Gasteiger partial charge on any atom is 0.260 e. The molecule has 2 aromatic heterocycles. The van der Waals surface area contributed by atoms with Gasteiger partial charge in [0, 0.05) is 4.88 Å². The second kappa shape index (κ2) is 4.93. The van der Waals surface area contributed by atoms with Crippen LogP contribution in [0.25, 0.3) is 11.5 Å². The summed E-state index contributed by atoms with van der Waals surface area (Å²) in [5, 5.41) is 5.25. The summed E-state index contributed by atoms with van der Waals surface area (Å²) in [6, 6.07) is 2.05. The van der Waals surface area contributed by atoms with Gasteiger partial charge in [0.25, 0.3) is 5.89 Å². The minimum atomic E-state index is 0.396. The molecule has 0 bridgehead atoms. The molecule has 1 atom stereocenters. The van der Waals surface area contributed by atoms with Crippen LogP contribution in [0.5, 0.6) is 0 Å². The van der Waals surface area contributed by atoms with Gasteiger partial charge in [-0.1, -0.05) is 12.1 Å². The van der Waals surface area contributed by atoms with Crippen molar-refractivity contribution in [1.29, 1.82) is 0 Å². The van der Waals surface area contributed by atoms with Crippen LogP contribution in [0.15, 0.2) is 10.6 Å². The van der Waals surface area contributed by atoms with Crippen molar-refractivity contribution in [3.05, 3.63) is 16.8 Å². The van der Waals surface area contributed by atoms with Crippen LogP contribution in [0.2, 0.25) is 0 Å². The van der Waals surface area contributed by atoms with Gasteiger partial charge < -0.3 is 10.3 Å². The number of nitrogen functional groups attached to an aromatic ring is 1. The van der Waals surface area contributed by atoms with Crippen LogP contribution in [0, 0.1) is 0 Å². The van der Waals surface area contributed by atoms with Gasteiger partial charge in [0.05, 0.1) is 15.8 Å². The smallest absolute Gasteiger partial charge is 0.260 e. The van der Waals surface area contributed by atoms with Crippen molar-refractivity contribution in [2.75, 3.05) is 11.5 Å². The van der Waals surface area contributed by atoms with Crippen LogP contribution in [-0.2, 0) is 6.42 Å². The van der Waals surface area contributed by atoms with Crippen LogP contribution in [0.3, 0.4) is 0 Å². The Morgan fingerprint density at radius 1 is 1.56 bits per heavy atom. The number of rotatable bonds is 3. The first-order chi connectivity index (χ1) is 8.78. The lowest BCUT2D eigenvalue weighted by Gasteiger charge is -1.98. The number of anilines is 1. The molecule has 0 radical (unpaired) electrons. The van der Waals surface area contributed by atoms with Gasteiger partial charge in [0.2, 0.25) is 0 Å². The van der Waals surface area contributed by atoms with E-state index in [9.17, 15) is 0 Å². The predicted molar refractivity (Wildman–Crippen MR) is 75.8 cm³/mol. The predicted octanol–water partition coefficient (Wildman–Crippen LogP) is 3.51. The molecule has 2 N–H and O–H groups in total. The lowest BCUT2D eigenvalue weighted by atomic mass is 10.2. The number of thioether (sulfide) groups is 1. The SMILES string of the molecule is CCc1cc(-c2nc(C3CCCS3)no2)c(N)s1. The molecule has 3 heterocycles. The van der Waals surface area contributed by atoms with Crippen molar-refractivity contribution >= 4 is 28.1 Å². The number of hydrogen-bond donors (Lipinski definition) is 1. The molecular formula is C12H15N3OS2. The van der Waals surface area contributed by atoms with Crippen molar-refractivity contribution < 1.29 is 4.52 Å². The Hall–Kier alpha value is -1.01. The molecule has 1 unspecified atom stereocenters. The van der Waals surface area contributed by atoms with Crippen LogP contribution >= 0.6 is 23.1 Å². The van der Waals surface area contributed by atoms with E-state index < -0.39 is 0 Å². The number of aromatic nitrogens is 2. The highest BCUT2D eigenvalue weighted by atomic mass is 32.2. The van der Waals surface area contributed by atoms with E-state index in [-0.39, 0.29) is 0 Å². The van der Waals surface area contributed by atoms with Gasteiger partial charge in [-0.15, -0.1) is 11.3 Å². The fraction of sp³-hybridized carbons (Fsp3) is 0.500. The number of aryl methyl sites for hydroxylation is 1. The van der Waals surface area contributed by atoms with Gasteiger partial charge in [0.1, 0.15) is 0 Å². The van der Waals surface area contributed by atoms with E-state index >= 15 is 0 Å². The molecule has 1 fully saturated rings. The second-order valence-corrected chi connectivity index (χ2v) is 6.78. The third-order valence-electron chi connectivity index (χ3n) is 3.05. The second-order valence-electron chi connectivity index (χ2n) is 4.30. The summed E-state index contributed by atoms with van der Waals surface area (Å²) in [5.41, 5.74) is 6.88. The zero-order valence-electron chi connectivity index (χ0n) is 10.2. The Balaban J connectivity index is 1.89. The van der Waals surface area contributed by atoms with Gasteiger partial charge >= 0.3 is 0 Å². The molecular weight excluding hydrogens is 266 g/mol. The van der Waals surface area contributed by atoms with Crippen LogP contribution in [0.4, 0.5) is 5.00 Å². The summed E-state index contributed by atoms with van der Waals surface area (Å²) in [5.74, 6) is 2.57. The maximum absolute atomic E-state index is 6.00. The molecule has 3 rings (SSSR count). The summed E-state index contributed by atoms with van der Waals surface area (Å²) >= 11 is 3.50. The highest BCUT2D eigenvalue weighted by Crippen LogP contribution is 2.40. The topological polar surface area (TPSA) is 64.9 Å². The number of hydrogen-bond acceptors (Lipinski definition) is 6. The summed E-state index contributed by atoms with van der Waals surface area (Å²) in [6.45, 7) is 2.11. The Morgan fingerprint density at radius 3 is 3.11 bits per heavy atom.